The highest BCUT2D eigenvalue weighted by atomic mass is 32.1. The molecule has 2 aromatic carbocycles. The summed E-state index contributed by atoms with van der Waals surface area (Å²) in [5, 5.41) is -0.359. The Kier molecular flexibility index (Phi) is 8.30. The summed E-state index contributed by atoms with van der Waals surface area (Å²) in [4.78, 5) is 35.8. The predicted octanol–water partition coefficient (Wildman–Crippen LogP) is 3.96. The molecule has 0 bridgehead atoms. The molecule has 4 aromatic rings. The average molecular weight is 600 g/mol. The van der Waals surface area contributed by atoms with E-state index in [1.165, 1.54) is 0 Å². The highest BCUT2D eigenvalue weighted by molar-refractivity contribution is 7.96. The topological polar surface area (TPSA) is 129 Å². The number of anilines is 3. The normalized spacial score (nSPS) is 14.5. The van der Waals surface area contributed by atoms with Gasteiger partial charge in [-0.2, -0.15) is 4.98 Å². The minimum Gasteiger partial charge on any atom is -0.497 e. The maximum Gasteiger partial charge on any atom is 0.284 e. The number of benzene rings is 2. The molecule has 11 nitrogen and oxygen atoms in total. The smallest absolute Gasteiger partial charge is 0.284 e. The summed E-state index contributed by atoms with van der Waals surface area (Å²) in [5.74, 6) is 2.82. The van der Waals surface area contributed by atoms with Crippen molar-refractivity contribution < 1.29 is 19.0 Å². The van der Waals surface area contributed by atoms with Crippen LogP contribution in [0.3, 0.4) is 0 Å². The SMILES string of the molecule is COc1ccc(Cc2nc(N)nc(Cc3ccc(OC)cc3)c2-c2nc(N3CCOCC3)nc3c2CCN3C(=O)S)cc1. The lowest BCUT2D eigenvalue weighted by Gasteiger charge is -2.28. The van der Waals surface area contributed by atoms with Gasteiger partial charge in [0, 0.05) is 43.6 Å². The van der Waals surface area contributed by atoms with Gasteiger partial charge in [-0.1, -0.05) is 36.9 Å². The second kappa shape index (κ2) is 12.4. The van der Waals surface area contributed by atoms with Gasteiger partial charge in [0.15, 0.2) is 0 Å². The number of ether oxygens (including phenoxy) is 3. The van der Waals surface area contributed by atoms with E-state index >= 15 is 0 Å². The van der Waals surface area contributed by atoms with Crippen LogP contribution in [0.25, 0.3) is 11.3 Å². The van der Waals surface area contributed by atoms with E-state index < -0.39 is 0 Å². The Morgan fingerprint density at radius 2 is 1.42 bits per heavy atom. The van der Waals surface area contributed by atoms with E-state index in [4.69, 9.17) is 39.9 Å². The summed E-state index contributed by atoms with van der Waals surface area (Å²) in [7, 11) is 3.29. The van der Waals surface area contributed by atoms with Gasteiger partial charge in [-0.05, 0) is 41.8 Å². The van der Waals surface area contributed by atoms with Gasteiger partial charge in [-0.3, -0.25) is 9.69 Å². The zero-order valence-electron chi connectivity index (χ0n) is 24.1. The molecule has 0 unspecified atom stereocenters. The van der Waals surface area contributed by atoms with E-state index in [0.717, 1.165) is 45.1 Å². The molecule has 6 rings (SSSR count). The van der Waals surface area contributed by atoms with Crippen molar-refractivity contribution in [2.45, 2.75) is 19.3 Å². The van der Waals surface area contributed by atoms with Gasteiger partial charge in [0.2, 0.25) is 11.9 Å². The minimum atomic E-state index is -0.359. The Hall–Kier alpha value is -4.42. The highest BCUT2D eigenvalue weighted by Gasteiger charge is 2.32. The fourth-order valence-electron chi connectivity index (χ4n) is 5.52. The van der Waals surface area contributed by atoms with Crippen LogP contribution in [0.4, 0.5) is 22.5 Å². The maximum absolute atomic E-state index is 12.5. The Morgan fingerprint density at radius 1 is 0.860 bits per heavy atom. The quantitative estimate of drug-likeness (QED) is 0.287. The van der Waals surface area contributed by atoms with Crippen LogP contribution in [0, 0.1) is 0 Å². The zero-order chi connectivity index (χ0) is 29.9. The van der Waals surface area contributed by atoms with E-state index in [1.54, 1.807) is 19.1 Å². The number of fused-ring (bicyclic) bond motifs is 1. The number of hydrogen-bond donors (Lipinski definition) is 2. The van der Waals surface area contributed by atoms with Crippen molar-refractivity contribution in [3.63, 3.8) is 0 Å². The number of carbonyl (C=O) groups is 1. The fraction of sp³-hybridized carbons (Fsp3) is 0.323. The summed E-state index contributed by atoms with van der Waals surface area (Å²) < 4.78 is 16.3. The second-order valence-electron chi connectivity index (χ2n) is 10.4. The number of nitrogen functional groups attached to an aromatic ring is 1. The highest BCUT2D eigenvalue weighted by Crippen LogP contribution is 2.39. The van der Waals surface area contributed by atoms with Crippen LogP contribution in [0.15, 0.2) is 48.5 Å². The molecule has 2 N–H and O–H groups in total. The van der Waals surface area contributed by atoms with Crippen LogP contribution >= 0.6 is 12.6 Å². The molecule has 0 saturated carbocycles. The predicted molar refractivity (Wildman–Crippen MR) is 168 cm³/mol. The van der Waals surface area contributed by atoms with Crippen molar-refractivity contribution in [1.82, 2.24) is 19.9 Å². The number of thiol groups is 1. The standard InChI is InChI=1S/C31H33N7O4S/c1-40-21-7-3-19(4-8-21)17-24-26(25(34-29(32)33-24)18-20-5-9-22(41-2)10-6-20)27-23-11-12-38(31(39)43)28(23)36-30(35-27)37-13-15-42-16-14-37/h3-10H,11-18H2,1-2H3,(H,39,43)(H2,32,33,34). The number of rotatable bonds is 8. The van der Waals surface area contributed by atoms with Crippen LogP contribution < -0.4 is 25.0 Å². The van der Waals surface area contributed by atoms with Crippen LogP contribution in [0.5, 0.6) is 11.5 Å². The number of methoxy groups -OCH3 is 2. The molecule has 2 aliphatic heterocycles. The van der Waals surface area contributed by atoms with Crippen molar-refractivity contribution >= 4 is 35.6 Å². The number of nitrogens with two attached hydrogens (primary N) is 1. The molecule has 2 aromatic heterocycles. The molecule has 0 radical (unpaired) electrons. The van der Waals surface area contributed by atoms with Crippen molar-refractivity contribution in [3.8, 4) is 22.8 Å². The first-order valence-corrected chi connectivity index (χ1v) is 14.5. The van der Waals surface area contributed by atoms with Crippen LogP contribution in [-0.2, 0) is 24.0 Å². The van der Waals surface area contributed by atoms with Crippen LogP contribution in [0.2, 0.25) is 0 Å². The Labute approximate surface area is 255 Å². The summed E-state index contributed by atoms with van der Waals surface area (Å²) in [6.45, 7) is 2.89. The summed E-state index contributed by atoms with van der Waals surface area (Å²) in [6, 6.07) is 15.7. The van der Waals surface area contributed by atoms with Crippen LogP contribution in [0.1, 0.15) is 28.1 Å². The number of carbonyl (C=O) groups excluding carboxylic acids is 1. The molecule has 4 heterocycles. The van der Waals surface area contributed by atoms with E-state index in [-0.39, 0.29) is 11.2 Å². The molecular weight excluding hydrogens is 566 g/mol. The third kappa shape index (κ3) is 6.06. The average Bonchev–Trinajstić information content (AvgIpc) is 3.47. The molecular formula is C31H33N7O4S. The summed E-state index contributed by atoms with van der Waals surface area (Å²) in [5.41, 5.74) is 12.2. The van der Waals surface area contributed by atoms with E-state index in [9.17, 15) is 4.79 Å². The fourth-order valence-corrected chi connectivity index (χ4v) is 5.72. The van der Waals surface area contributed by atoms with Gasteiger partial charge in [0.1, 0.15) is 17.3 Å². The molecule has 1 fully saturated rings. The largest absolute Gasteiger partial charge is 0.497 e. The molecule has 1 amide bonds. The summed E-state index contributed by atoms with van der Waals surface area (Å²) >= 11 is 4.15. The Balaban J connectivity index is 1.55. The van der Waals surface area contributed by atoms with Crippen molar-refractivity contribution in [2.75, 3.05) is 62.6 Å². The van der Waals surface area contributed by atoms with Gasteiger partial charge < -0.3 is 24.8 Å². The van der Waals surface area contributed by atoms with E-state index in [2.05, 4.69) is 17.5 Å². The lowest BCUT2D eigenvalue weighted by Crippen LogP contribution is -2.37. The van der Waals surface area contributed by atoms with Gasteiger partial charge in [0.05, 0.1) is 44.5 Å². The third-order valence-corrected chi connectivity index (χ3v) is 7.96. The molecule has 222 valence electrons. The van der Waals surface area contributed by atoms with E-state index in [0.29, 0.717) is 69.6 Å². The molecule has 1 saturated heterocycles. The first-order chi connectivity index (χ1) is 20.9. The molecule has 0 aliphatic carbocycles. The lowest BCUT2D eigenvalue weighted by molar-refractivity contribution is 0.122. The van der Waals surface area contributed by atoms with Gasteiger partial charge in [-0.15, -0.1) is 0 Å². The molecule has 0 spiro atoms. The number of nitrogens with zero attached hydrogens (tertiary/aromatic N) is 6. The minimum absolute atomic E-state index is 0.182. The van der Waals surface area contributed by atoms with Crippen molar-refractivity contribution in [2.24, 2.45) is 0 Å². The first kappa shape index (κ1) is 28.7. The number of amides is 1. The van der Waals surface area contributed by atoms with Crippen molar-refractivity contribution in [1.29, 1.82) is 0 Å². The molecule has 2 aliphatic rings. The van der Waals surface area contributed by atoms with Gasteiger partial charge >= 0.3 is 0 Å². The third-order valence-electron chi connectivity index (χ3n) is 7.71. The molecule has 43 heavy (non-hydrogen) atoms. The second-order valence-corrected chi connectivity index (χ2v) is 10.7. The Bertz CT molecular complexity index is 1560. The zero-order valence-corrected chi connectivity index (χ0v) is 25.0. The molecule has 0 atom stereocenters. The lowest BCUT2D eigenvalue weighted by atomic mass is 9.95. The van der Waals surface area contributed by atoms with Crippen LogP contribution in [-0.4, -0.2) is 72.2 Å². The summed E-state index contributed by atoms with van der Waals surface area (Å²) in [6.07, 6.45) is 1.56. The first-order valence-electron chi connectivity index (χ1n) is 14.1. The monoisotopic (exact) mass is 599 g/mol. The van der Waals surface area contributed by atoms with Gasteiger partial charge in [0.25, 0.3) is 5.24 Å². The van der Waals surface area contributed by atoms with Crippen molar-refractivity contribution in [3.05, 3.63) is 76.6 Å². The molecule has 12 heteroatoms. The van der Waals surface area contributed by atoms with E-state index in [1.807, 2.05) is 48.5 Å². The Morgan fingerprint density at radius 3 is 1.93 bits per heavy atom. The maximum atomic E-state index is 12.5. The number of hydrogen-bond acceptors (Lipinski definition) is 10. The number of morpholine rings is 1. The number of aromatic nitrogens is 4. The van der Waals surface area contributed by atoms with Gasteiger partial charge in [-0.25, -0.2) is 15.0 Å².